The van der Waals surface area contributed by atoms with Crippen LogP contribution in [0.3, 0.4) is 0 Å². The fourth-order valence-corrected chi connectivity index (χ4v) is 2.69. The van der Waals surface area contributed by atoms with E-state index in [4.69, 9.17) is 10.3 Å². The molecule has 15 heavy (non-hydrogen) atoms. The van der Waals surface area contributed by atoms with Gasteiger partial charge in [-0.2, -0.15) is 0 Å². The summed E-state index contributed by atoms with van der Waals surface area (Å²) < 4.78 is 5.47. The van der Waals surface area contributed by atoms with E-state index in [-0.39, 0.29) is 5.41 Å². The summed E-state index contributed by atoms with van der Waals surface area (Å²) in [4.78, 5) is 0. The highest BCUT2D eigenvalue weighted by atomic mass is 16.5. The van der Waals surface area contributed by atoms with E-state index < -0.39 is 0 Å². The van der Waals surface area contributed by atoms with Crippen LogP contribution in [0.5, 0.6) is 0 Å². The molecular formula is C12H20N2O. The second-order valence-electron chi connectivity index (χ2n) is 5.23. The third kappa shape index (κ3) is 1.64. The third-order valence-corrected chi connectivity index (χ3v) is 3.59. The minimum Gasteiger partial charge on any atom is -0.381 e. The van der Waals surface area contributed by atoms with Gasteiger partial charge in [0.1, 0.15) is 5.76 Å². The van der Waals surface area contributed by atoms with Crippen molar-refractivity contribution in [3.63, 3.8) is 0 Å². The normalized spacial score (nSPS) is 20.0. The zero-order chi connectivity index (χ0) is 11.1. The molecule has 2 rings (SSSR count). The van der Waals surface area contributed by atoms with Crippen LogP contribution in [0.15, 0.2) is 4.52 Å². The predicted octanol–water partition coefficient (Wildman–Crippen LogP) is 3.21. The number of rotatable bonds is 2. The van der Waals surface area contributed by atoms with Gasteiger partial charge < -0.3 is 10.3 Å². The lowest BCUT2D eigenvalue weighted by molar-refractivity contribution is 0.303. The maximum Gasteiger partial charge on any atom is 0.170 e. The van der Waals surface area contributed by atoms with E-state index in [1.165, 1.54) is 25.7 Å². The summed E-state index contributed by atoms with van der Waals surface area (Å²) in [6, 6.07) is 0. The van der Waals surface area contributed by atoms with Crippen molar-refractivity contribution >= 4 is 5.82 Å². The highest BCUT2D eigenvalue weighted by molar-refractivity contribution is 5.45. The van der Waals surface area contributed by atoms with Gasteiger partial charge in [0.2, 0.25) is 0 Å². The van der Waals surface area contributed by atoms with E-state index in [2.05, 4.69) is 25.9 Å². The Labute approximate surface area is 91.0 Å². The van der Waals surface area contributed by atoms with E-state index in [9.17, 15) is 0 Å². The van der Waals surface area contributed by atoms with Gasteiger partial charge in [-0.1, -0.05) is 38.8 Å². The number of nitrogen functional groups attached to an aromatic ring is 1. The summed E-state index contributed by atoms with van der Waals surface area (Å²) >= 11 is 0. The molecule has 3 nitrogen and oxygen atoms in total. The molecule has 84 valence electrons. The first-order chi connectivity index (χ1) is 7.04. The molecule has 1 aromatic rings. The van der Waals surface area contributed by atoms with Crippen LogP contribution in [-0.4, -0.2) is 5.16 Å². The van der Waals surface area contributed by atoms with Crippen LogP contribution in [0.2, 0.25) is 0 Å². The summed E-state index contributed by atoms with van der Waals surface area (Å²) in [6.07, 6.45) is 4.96. The van der Waals surface area contributed by atoms with Crippen molar-refractivity contribution < 1.29 is 4.52 Å². The van der Waals surface area contributed by atoms with Crippen LogP contribution in [0.25, 0.3) is 0 Å². The smallest absolute Gasteiger partial charge is 0.170 e. The second-order valence-corrected chi connectivity index (χ2v) is 5.23. The molecular weight excluding hydrogens is 188 g/mol. The standard InChI is InChI=1S/C12H20N2O/c1-8(2)9-10(15-14-11(9)13)12(3)6-4-5-7-12/h8H,4-7H2,1-3H3,(H2,13,14). The van der Waals surface area contributed by atoms with Gasteiger partial charge in [0.15, 0.2) is 5.82 Å². The van der Waals surface area contributed by atoms with E-state index in [1.54, 1.807) is 0 Å². The lowest BCUT2D eigenvalue weighted by atomic mass is 9.81. The number of anilines is 1. The Kier molecular flexibility index (Phi) is 2.49. The van der Waals surface area contributed by atoms with Gasteiger partial charge in [0.05, 0.1) is 0 Å². The first kappa shape index (κ1) is 10.5. The van der Waals surface area contributed by atoms with Crippen LogP contribution in [0, 0.1) is 0 Å². The van der Waals surface area contributed by atoms with Crippen molar-refractivity contribution in [2.75, 3.05) is 5.73 Å². The molecule has 1 saturated carbocycles. The molecule has 1 aromatic heterocycles. The SMILES string of the molecule is CC(C)c1c(N)noc1C1(C)CCCC1. The Balaban J connectivity index is 2.43. The maximum atomic E-state index is 5.86. The Morgan fingerprint density at radius 1 is 1.33 bits per heavy atom. The summed E-state index contributed by atoms with van der Waals surface area (Å²) in [5.74, 6) is 2.00. The Morgan fingerprint density at radius 3 is 2.47 bits per heavy atom. The highest BCUT2D eigenvalue weighted by Gasteiger charge is 2.37. The number of hydrogen-bond donors (Lipinski definition) is 1. The average Bonchev–Trinajstić information content (AvgIpc) is 2.72. The molecule has 0 atom stereocenters. The molecule has 1 heterocycles. The fourth-order valence-electron chi connectivity index (χ4n) is 2.69. The van der Waals surface area contributed by atoms with Crippen LogP contribution in [0.4, 0.5) is 5.82 Å². The molecule has 0 radical (unpaired) electrons. The zero-order valence-electron chi connectivity index (χ0n) is 9.84. The predicted molar refractivity (Wildman–Crippen MR) is 60.8 cm³/mol. The molecule has 1 aliphatic carbocycles. The minimum atomic E-state index is 0.171. The van der Waals surface area contributed by atoms with Gasteiger partial charge in [-0.05, 0) is 18.8 Å². The number of hydrogen-bond acceptors (Lipinski definition) is 3. The Bertz CT molecular complexity index is 349. The third-order valence-electron chi connectivity index (χ3n) is 3.59. The molecule has 1 fully saturated rings. The first-order valence-corrected chi connectivity index (χ1v) is 5.80. The monoisotopic (exact) mass is 208 g/mol. The number of nitrogens with zero attached hydrogens (tertiary/aromatic N) is 1. The van der Waals surface area contributed by atoms with Crippen molar-refractivity contribution in [1.82, 2.24) is 5.16 Å². The summed E-state index contributed by atoms with van der Waals surface area (Å²) in [7, 11) is 0. The quantitative estimate of drug-likeness (QED) is 0.811. The largest absolute Gasteiger partial charge is 0.381 e. The zero-order valence-corrected chi connectivity index (χ0v) is 9.84. The summed E-state index contributed by atoms with van der Waals surface area (Å²) in [5, 5.41) is 3.93. The molecule has 0 amide bonds. The molecule has 0 aromatic carbocycles. The van der Waals surface area contributed by atoms with Crippen molar-refractivity contribution in [3.05, 3.63) is 11.3 Å². The fraction of sp³-hybridized carbons (Fsp3) is 0.750. The maximum absolute atomic E-state index is 5.86. The summed E-state index contributed by atoms with van der Waals surface area (Å²) in [5.41, 5.74) is 7.16. The van der Waals surface area contributed by atoms with Gasteiger partial charge in [-0.25, -0.2) is 0 Å². The molecule has 0 aliphatic heterocycles. The molecule has 1 aliphatic rings. The molecule has 0 unspecified atom stereocenters. The van der Waals surface area contributed by atoms with Crippen LogP contribution >= 0.6 is 0 Å². The van der Waals surface area contributed by atoms with Gasteiger partial charge in [-0.15, -0.1) is 0 Å². The lowest BCUT2D eigenvalue weighted by Crippen LogP contribution is -2.18. The lowest BCUT2D eigenvalue weighted by Gasteiger charge is -2.22. The van der Waals surface area contributed by atoms with Crippen molar-refractivity contribution in [3.8, 4) is 0 Å². The van der Waals surface area contributed by atoms with Crippen molar-refractivity contribution in [1.29, 1.82) is 0 Å². The molecule has 2 N–H and O–H groups in total. The molecule has 0 saturated heterocycles. The molecule has 3 heteroatoms. The molecule has 0 bridgehead atoms. The van der Waals surface area contributed by atoms with E-state index in [0.717, 1.165) is 11.3 Å². The molecule has 0 spiro atoms. The van der Waals surface area contributed by atoms with Gasteiger partial charge in [-0.3, -0.25) is 0 Å². The number of nitrogens with two attached hydrogens (primary N) is 1. The van der Waals surface area contributed by atoms with Crippen LogP contribution in [0.1, 0.15) is 63.7 Å². The average molecular weight is 208 g/mol. The van der Waals surface area contributed by atoms with E-state index in [0.29, 0.717) is 11.7 Å². The Hall–Kier alpha value is -0.990. The van der Waals surface area contributed by atoms with Gasteiger partial charge in [0.25, 0.3) is 0 Å². The van der Waals surface area contributed by atoms with E-state index >= 15 is 0 Å². The van der Waals surface area contributed by atoms with Gasteiger partial charge in [0, 0.05) is 11.0 Å². The van der Waals surface area contributed by atoms with Gasteiger partial charge >= 0.3 is 0 Å². The van der Waals surface area contributed by atoms with Crippen molar-refractivity contribution in [2.45, 2.75) is 57.8 Å². The minimum absolute atomic E-state index is 0.171. The van der Waals surface area contributed by atoms with Crippen molar-refractivity contribution in [2.24, 2.45) is 0 Å². The van der Waals surface area contributed by atoms with Crippen LogP contribution in [-0.2, 0) is 5.41 Å². The van der Waals surface area contributed by atoms with E-state index in [1.807, 2.05) is 0 Å². The first-order valence-electron chi connectivity index (χ1n) is 5.80. The summed E-state index contributed by atoms with van der Waals surface area (Å²) in [6.45, 7) is 6.56. The van der Waals surface area contributed by atoms with Crippen LogP contribution < -0.4 is 5.73 Å². The number of aromatic nitrogens is 1. The Morgan fingerprint density at radius 2 is 1.93 bits per heavy atom. The topological polar surface area (TPSA) is 52.0 Å². The highest BCUT2D eigenvalue weighted by Crippen LogP contribution is 2.44. The second kappa shape index (κ2) is 3.54.